The summed E-state index contributed by atoms with van der Waals surface area (Å²) in [5, 5.41) is 0. The van der Waals surface area contributed by atoms with Crippen LogP contribution in [0, 0.1) is 0 Å². The first kappa shape index (κ1) is 65.1. The van der Waals surface area contributed by atoms with Crippen LogP contribution in [0.2, 0.25) is 0 Å². The zero-order valence-corrected chi connectivity index (χ0v) is 44.8. The standard InChI is InChI=1S/C63H104O6/c1-4-7-10-13-16-19-22-25-28-30-31-33-36-39-42-45-48-51-54-57-63(66)69-60(58-67-61(64)55-52-49-46-43-40-37-34-27-24-21-18-15-12-9-6-3)59-68-62(65)56-53-50-47-44-41-38-35-32-29-26-23-20-17-14-11-8-5-2/h16-21,25-29,31,33-35,38-39,42,60H,4-15,22-24,30,32,36-37,40-41,43-59H2,1-3H3/b19-16-,20-17-,21-18-,28-25-,29-26-,33-31-,34-27-,38-35-,42-39-/t60-/m0/s1. The van der Waals surface area contributed by atoms with Gasteiger partial charge in [0.15, 0.2) is 6.10 Å². The number of hydrogen-bond acceptors (Lipinski definition) is 6. The van der Waals surface area contributed by atoms with Gasteiger partial charge in [-0.15, -0.1) is 0 Å². The van der Waals surface area contributed by atoms with Crippen LogP contribution < -0.4 is 0 Å². The van der Waals surface area contributed by atoms with Crippen molar-refractivity contribution in [1.82, 2.24) is 0 Å². The first-order valence-corrected chi connectivity index (χ1v) is 28.4. The number of unbranched alkanes of at least 4 members (excludes halogenated alkanes) is 21. The maximum absolute atomic E-state index is 12.8. The molecule has 0 spiro atoms. The molecule has 69 heavy (non-hydrogen) atoms. The summed E-state index contributed by atoms with van der Waals surface area (Å²) in [5.74, 6) is -0.974. The van der Waals surface area contributed by atoms with Crippen LogP contribution in [0.15, 0.2) is 109 Å². The van der Waals surface area contributed by atoms with E-state index in [9.17, 15) is 14.4 Å². The highest BCUT2D eigenvalue weighted by molar-refractivity contribution is 5.71. The van der Waals surface area contributed by atoms with Crippen LogP contribution in [0.5, 0.6) is 0 Å². The molecule has 0 N–H and O–H groups in total. The van der Waals surface area contributed by atoms with Crippen LogP contribution >= 0.6 is 0 Å². The van der Waals surface area contributed by atoms with E-state index in [0.29, 0.717) is 12.8 Å². The monoisotopic (exact) mass is 957 g/mol. The second-order valence-electron chi connectivity index (χ2n) is 18.5. The number of esters is 3. The SMILES string of the molecule is CCCCC/C=C\C/C=C\C/C=C\C/C=C\CCCCCC(=O)O[C@H](COC(=O)CCCCCC/C=C\C/C=C\C/C=C\CCCCC)COC(=O)CCCCCCC/C=C\C/C=C\CCCCC. The summed E-state index contributed by atoms with van der Waals surface area (Å²) in [5.41, 5.74) is 0. The van der Waals surface area contributed by atoms with Crippen LogP contribution in [0.25, 0.3) is 0 Å². The summed E-state index contributed by atoms with van der Waals surface area (Å²) in [6, 6.07) is 0. The summed E-state index contributed by atoms with van der Waals surface area (Å²) >= 11 is 0. The van der Waals surface area contributed by atoms with Gasteiger partial charge in [-0.25, -0.2) is 0 Å². The van der Waals surface area contributed by atoms with E-state index in [1.165, 1.54) is 77.0 Å². The van der Waals surface area contributed by atoms with Gasteiger partial charge in [0.2, 0.25) is 0 Å². The molecule has 0 aromatic carbocycles. The van der Waals surface area contributed by atoms with Gasteiger partial charge in [0.05, 0.1) is 0 Å². The number of hydrogen-bond donors (Lipinski definition) is 0. The molecule has 0 unspecified atom stereocenters. The van der Waals surface area contributed by atoms with Gasteiger partial charge in [-0.05, 0) is 135 Å². The van der Waals surface area contributed by atoms with Gasteiger partial charge >= 0.3 is 17.9 Å². The Labute approximate surface area is 425 Å². The second kappa shape index (κ2) is 56.7. The van der Waals surface area contributed by atoms with Crippen molar-refractivity contribution in [3.8, 4) is 0 Å². The van der Waals surface area contributed by atoms with Crippen molar-refractivity contribution >= 4 is 17.9 Å². The molecule has 0 aliphatic rings. The maximum atomic E-state index is 12.8. The van der Waals surface area contributed by atoms with E-state index in [1.54, 1.807) is 0 Å². The lowest BCUT2D eigenvalue weighted by Gasteiger charge is -2.18. The summed E-state index contributed by atoms with van der Waals surface area (Å²) in [6.45, 7) is 6.50. The van der Waals surface area contributed by atoms with Gasteiger partial charge in [0, 0.05) is 19.3 Å². The van der Waals surface area contributed by atoms with Crippen molar-refractivity contribution in [3.63, 3.8) is 0 Å². The highest BCUT2D eigenvalue weighted by Gasteiger charge is 2.19. The molecule has 0 heterocycles. The number of allylic oxidation sites excluding steroid dienone is 18. The summed E-state index contributed by atoms with van der Waals surface area (Å²) in [6.07, 6.45) is 76.4. The predicted molar refractivity (Wildman–Crippen MR) is 297 cm³/mol. The zero-order chi connectivity index (χ0) is 50.0. The molecule has 392 valence electrons. The van der Waals surface area contributed by atoms with Crippen molar-refractivity contribution < 1.29 is 28.6 Å². The molecular weight excluding hydrogens is 853 g/mol. The van der Waals surface area contributed by atoms with Crippen molar-refractivity contribution in [2.45, 2.75) is 258 Å². The van der Waals surface area contributed by atoms with Gasteiger partial charge in [-0.2, -0.15) is 0 Å². The molecule has 0 saturated carbocycles. The minimum Gasteiger partial charge on any atom is -0.462 e. The smallest absolute Gasteiger partial charge is 0.306 e. The van der Waals surface area contributed by atoms with Crippen LogP contribution in [0.1, 0.15) is 252 Å². The lowest BCUT2D eigenvalue weighted by molar-refractivity contribution is -0.167. The molecule has 6 heteroatoms. The first-order valence-electron chi connectivity index (χ1n) is 28.4. The second-order valence-corrected chi connectivity index (χ2v) is 18.5. The van der Waals surface area contributed by atoms with E-state index in [4.69, 9.17) is 14.2 Å². The average molecular weight is 958 g/mol. The van der Waals surface area contributed by atoms with Gasteiger partial charge < -0.3 is 14.2 Å². The van der Waals surface area contributed by atoms with Crippen molar-refractivity contribution in [2.75, 3.05) is 13.2 Å². The van der Waals surface area contributed by atoms with E-state index in [2.05, 4.69) is 130 Å². The summed E-state index contributed by atoms with van der Waals surface area (Å²) in [4.78, 5) is 38.1. The molecule has 0 bridgehead atoms. The molecular formula is C63H104O6. The van der Waals surface area contributed by atoms with Crippen molar-refractivity contribution in [1.29, 1.82) is 0 Å². The Morgan fingerprint density at radius 2 is 0.522 bits per heavy atom. The Morgan fingerprint density at radius 3 is 0.826 bits per heavy atom. The molecule has 0 amide bonds. The quantitative estimate of drug-likeness (QED) is 0.0262. The fraction of sp³-hybridized carbons (Fsp3) is 0.667. The zero-order valence-electron chi connectivity index (χ0n) is 44.8. The number of rotatable bonds is 50. The molecule has 0 saturated heterocycles. The first-order chi connectivity index (χ1) is 34.0. The van der Waals surface area contributed by atoms with Crippen molar-refractivity contribution in [2.24, 2.45) is 0 Å². The molecule has 0 aromatic heterocycles. The number of ether oxygens (including phenoxy) is 3. The van der Waals surface area contributed by atoms with Gasteiger partial charge in [-0.1, -0.05) is 207 Å². The molecule has 0 aliphatic heterocycles. The lowest BCUT2D eigenvalue weighted by atomic mass is 10.1. The maximum Gasteiger partial charge on any atom is 0.306 e. The third kappa shape index (κ3) is 54.9. The Balaban J connectivity index is 4.53. The fourth-order valence-electron chi connectivity index (χ4n) is 7.40. The molecule has 0 fully saturated rings. The Kier molecular flexibility index (Phi) is 53.4. The van der Waals surface area contributed by atoms with Gasteiger partial charge in [0.1, 0.15) is 13.2 Å². The molecule has 0 aromatic rings. The minimum absolute atomic E-state index is 0.107. The molecule has 0 radical (unpaired) electrons. The molecule has 6 nitrogen and oxygen atoms in total. The third-order valence-corrected chi connectivity index (χ3v) is 11.7. The Morgan fingerprint density at radius 1 is 0.290 bits per heavy atom. The Hall–Kier alpha value is -3.93. The largest absolute Gasteiger partial charge is 0.462 e. The van der Waals surface area contributed by atoms with E-state index >= 15 is 0 Å². The third-order valence-electron chi connectivity index (χ3n) is 11.7. The van der Waals surface area contributed by atoms with E-state index in [1.807, 2.05) is 0 Å². The molecule has 0 aliphatic carbocycles. The van der Waals surface area contributed by atoms with Gasteiger partial charge in [-0.3, -0.25) is 14.4 Å². The normalized spacial score (nSPS) is 12.9. The van der Waals surface area contributed by atoms with Crippen LogP contribution in [0.4, 0.5) is 0 Å². The van der Waals surface area contributed by atoms with E-state index in [0.717, 1.165) is 135 Å². The molecule has 0 rings (SSSR count). The summed E-state index contributed by atoms with van der Waals surface area (Å²) < 4.78 is 16.8. The van der Waals surface area contributed by atoms with Crippen LogP contribution in [-0.2, 0) is 28.6 Å². The van der Waals surface area contributed by atoms with E-state index < -0.39 is 6.10 Å². The summed E-state index contributed by atoms with van der Waals surface area (Å²) in [7, 11) is 0. The van der Waals surface area contributed by atoms with Crippen LogP contribution in [0.3, 0.4) is 0 Å². The van der Waals surface area contributed by atoms with E-state index in [-0.39, 0.29) is 37.5 Å². The minimum atomic E-state index is -0.813. The number of carbonyl (C=O) groups excluding carboxylic acids is 3. The predicted octanol–water partition coefficient (Wildman–Crippen LogP) is 19.1. The topological polar surface area (TPSA) is 78.9 Å². The molecule has 1 atom stereocenters. The number of carbonyl (C=O) groups is 3. The van der Waals surface area contributed by atoms with Crippen molar-refractivity contribution in [3.05, 3.63) is 109 Å². The lowest BCUT2D eigenvalue weighted by Crippen LogP contribution is -2.30. The van der Waals surface area contributed by atoms with Gasteiger partial charge in [0.25, 0.3) is 0 Å². The van der Waals surface area contributed by atoms with Crippen LogP contribution in [-0.4, -0.2) is 37.2 Å². The fourth-order valence-corrected chi connectivity index (χ4v) is 7.40. The average Bonchev–Trinajstić information content (AvgIpc) is 3.35. The Bertz CT molecular complexity index is 1420. The highest BCUT2D eigenvalue weighted by atomic mass is 16.6. The highest BCUT2D eigenvalue weighted by Crippen LogP contribution is 2.13.